The molecule has 0 saturated carbocycles. The lowest BCUT2D eigenvalue weighted by Gasteiger charge is -2.25. The van der Waals surface area contributed by atoms with Crippen LogP contribution in [0.3, 0.4) is 0 Å². The summed E-state index contributed by atoms with van der Waals surface area (Å²) in [7, 11) is 0. The highest BCUT2D eigenvalue weighted by Gasteiger charge is 2.19. The van der Waals surface area contributed by atoms with E-state index in [2.05, 4.69) is 18.3 Å². The van der Waals surface area contributed by atoms with E-state index in [1.165, 1.54) is 19.3 Å². The van der Waals surface area contributed by atoms with Crippen molar-refractivity contribution in [1.29, 1.82) is 5.26 Å². The van der Waals surface area contributed by atoms with E-state index in [1.54, 1.807) is 0 Å². The molecule has 1 N–H and O–H groups in total. The molecule has 2 heteroatoms. The maximum Gasteiger partial charge on any atom is 0.0955 e. The van der Waals surface area contributed by atoms with Gasteiger partial charge in [-0.2, -0.15) is 5.26 Å². The number of nitrogens with one attached hydrogen (secondary N) is 1. The minimum atomic E-state index is 0.125. The maximum absolute atomic E-state index is 8.66. The van der Waals surface area contributed by atoms with Gasteiger partial charge in [-0.05, 0) is 25.3 Å². The van der Waals surface area contributed by atoms with Crippen molar-refractivity contribution in [2.75, 3.05) is 6.54 Å². The Kier molecular flexibility index (Phi) is 3.38. The predicted octanol–water partition coefficient (Wildman–Crippen LogP) is 1.68. The summed E-state index contributed by atoms with van der Waals surface area (Å²) in [5.41, 5.74) is 0. The Morgan fingerprint density at radius 3 is 3.09 bits per heavy atom. The minimum Gasteiger partial charge on any atom is -0.302 e. The Morgan fingerprint density at radius 2 is 2.45 bits per heavy atom. The zero-order valence-corrected chi connectivity index (χ0v) is 7.14. The van der Waals surface area contributed by atoms with Crippen LogP contribution in [0.15, 0.2) is 0 Å². The molecule has 11 heavy (non-hydrogen) atoms. The van der Waals surface area contributed by atoms with Gasteiger partial charge in [0.05, 0.1) is 12.1 Å². The van der Waals surface area contributed by atoms with Crippen molar-refractivity contribution in [3.05, 3.63) is 0 Å². The molecule has 0 amide bonds. The molecular formula is C9H16N2. The average Bonchev–Trinajstić information content (AvgIpc) is 2.06. The zero-order chi connectivity index (χ0) is 8.10. The second-order valence-electron chi connectivity index (χ2n) is 3.31. The van der Waals surface area contributed by atoms with E-state index in [0.29, 0.717) is 0 Å². The summed E-state index contributed by atoms with van der Waals surface area (Å²) in [6, 6.07) is 2.41. The molecule has 1 saturated heterocycles. The van der Waals surface area contributed by atoms with Gasteiger partial charge in [0.2, 0.25) is 0 Å². The largest absolute Gasteiger partial charge is 0.302 e. The van der Waals surface area contributed by atoms with Gasteiger partial charge in [0.25, 0.3) is 0 Å². The van der Waals surface area contributed by atoms with Gasteiger partial charge in [-0.25, -0.2) is 0 Å². The first-order valence-corrected chi connectivity index (χ1v) is 4.49. The number of piperidine rings is 1. The van der Waals surface area contributed by atoms with Gasteiger partial charge in [-0.15, -0.1) is 0 Å². The Bertz CT molecular complexity index is 146. The van der Waals surface area contributed by atoms with E-state index in [-0.39, 0.29) is 6.04 Å². The Labute approximate surface area is 68.6 Å². The highest BCUT2D eigenvalue weighted by molar-refractivity contribution is 4.93. The van der Waals surface area contributed by atoms with Crippen LogP contribution in [0.25, 0.3) is 0 Å². The molecule has 2 unspecified atom stereocenters. The lowest BCUT2D eigenvalue weighted by molar-refractivity contribution is 0.319. The standard InChI is InChI=1S/C9H16N2/c1-2-3-8-4-5-11-9(6-8)7-10/h8-9,11H,2-6H2,1H3. The molecule has 0 aromatic rings. The smallest absolute Gasteiger partial charge is 0.0955 e. The van der Waals surface area contributed by atoms with Gasteiger partial charge in [0.15, 0.2) is 0 Å². The summed E-state index contributed by atoms with van der Waals surface area (Å²) in [6.45, 7) is 3.24. The minimum absolute atomic E-state index is 0.125. The molecule has 1 fully saturated rings. The second-order valence-corrected chi connectivity index (χ2v) is 3.31. The highest BCUT2D eigenvalue weighted by Crippen LogP contribution is 2.20. The fraction of sp³-hybridized carbons (Fsp3) is 0.889. The van der Waals surface area contributed by atoms with Crippen LogP contribution >= 0.6 is 0 Å². The summed E-state index contributed by atoms with van der Waals surface area (Å²) in [6.07, 6.45) is 4.86. The van der Waals surface area contributed by atoms with Crippen molar-refractivity contribution < 1.29 is 0 Å². The molecule has 2 nitrogen and oxygen atoms in total. The molecular weight excluding hydrogens is 136 g/mol. The van der Waals surface area contributed by atoms with Gasteiger partial charge in [0.1, 0.15) is 0 Å². The number of nitriles is 1. The van der Waals surface area contributed by atoms with Crippen LogP contribution in [0.5, 0.6) is 0 Å². The topological polar surface area (TPSA) is 35.8 Å². The first-order valence-electron chi connectivity index (χ1n) is 4.49. The van der Waals surface area contributed by atoms with Gasteiger partial charge >= 0.3 is 0 Å². The molecule has 0 aromatic heterocycles. The fourth-order valence-corrected chi connectivity index (χ4v) is 1.76. The van der Waals surface area contributed by atoms with E-state index >= 15 is 0 Å². The molecule has 1 rings (SSSR count). The van der Waals surface area contributed by atoms with E-state index in [9.17, 15) is 0 Å². The molecule has 1 aliphatic rings. The quantitative estimate of drug-likeness (QED) is 0.653. The molecule has 1 heterocycles. The highest BCUT2D eigenvalue weighted by atomic mass is 14.9. The van der Waals surface area contributed by atoms with E-state index < -0.39 is 0 Å². The van der Waals surface area contributed by atoms with Crippen LogP contribution in [0.2, 0.25) is 0 Å². The van der Waals surface area contributed by atoms with Crippen LogP contribution in [-0.4, -0.2) is 12.6 Å². The number of nitrogens with zero attached hydrogens (tertiary/aromatic N) is 1. The third kappa shape index (κ3) is 2.51. The van der Waals surface area contributed by atoms with Crippen molar-refractivity contribution in [1.82, 2.24) is 5.32 Å². The predicted molar refractivity (Wildman–Crippen MR) is 45.0 cm³/mol. The Hall–Kier alpha value is -0.550. The summed E-state index contributed by atoms with van der Waals surface area (Å²) in [5, 5.41) is 11.9. The Morgan fingerprint density at radius 1 is 1.64 bits per heavy atom. The molecule has 0 aromatic carbocycles. The molecule has 0 spiro atoms. The third-order valence-corrected chi connectivity index (χ3v) is 2.37. The van der Waals surface area contributed by atoms with Crippen molar-refractivity contribution >= 4 is 0 Å². The van der Waals surface area contributed by atoms with Crippen LogP contribution < -0.4 is 5.32 Å². The fourth-order valence-electron chi connectivity index (χ4n) is 1.76. The molecule has 2 atom stereocenters. The van der Waals surface area contributed by atoms with Gasteiger partial charge in [0, 0.05) is 0 Å². The average molecular weight is 152 g/mol. The third-order valence-electron chi connectivity index (χ3n) is 2.37. The summed E-state index contributed by atoms with van der Waals surface area (Å²) in [4.78, 5) is 0. The molecule has 62 valence electrons. The van der Waals surface area contributed by atoms with E-state index in [0.717, 1.165) is 18.9 Å². The van der Waals surface area contributed by atoms with Crippen LogP contribution in [0, 0.1) is 17.2 Å². The Balaban J connectivity index is 2.29. The van der Waals surface area contributed by atoms with Crippen molar-refractivity contribution in [2.24, 2.45) is 5.92 Å². The van der Waals surface area contributed by atoms with Gasteiger partial charge < -0.3 is 5.32 Å². The van der Waals surface area contributed by atoms with E-state index in [1.807, 2.05) is 0 Å². The first-order chi connectivity index (χ1) is 5.36. The number of rotatable bonds is 2. The van der Waals surface area contributed by atoms with Crippen molar-refractivity contribution in [2.45, 2.75) is 38.6 Å². The van der Waals surface area contributed by atoms with Crippen LogP contribution in [0.4, 0.5) is 0 Å². The normalized spacial score (nSPS) is 31.3. The second kappa shape index (κ2) is 4.35. The first kappa shape index (κ1) is 8.55. The summed E-state index contributed by atoms with van der Waals surface area (Å²) < 4.78 is 0. The lowest BCUT2D eigenvalue weighted by atomic mass is 9.89. The van der Waals surface area contributed by atoms with Gasteiger partial charge in [-0.3, -0.25) is 0 Å². The summed E-state index contributed by atoms with van der Waals surface area (Å²) >= 11 is 0. The monoisotopic (exact) mass is 152 g/mol. The zero-order valence-electron chi connectivity index (χ0n) is 7.14. The molecule has 0 radical (unpaired) electrons. The van der Waals surface area contributed by atoms with Gasteiger partial charge in [-0.1, -0.05) is 19.8 Å². The SMILES string of the molecule is CCCC1CCNC(C#N)C1. The van der Waals surface area contributed by atoms with Crippen molar-refractivity contribution in [3.8, 4) is 6.07 Å². The molecule has 0 aliphatic carbocycles. The van der Waals surface area contributed by atoms with Crippen LogP contribution in [0.1, 0.15) is 32.6 Å². The van der Waals surface area contributed by atoms with E-state index in [4.69, 9.17) is 5.26 Å². The molecule has 0 bridgehead atoms. The maximum atomic E-state index is 8.66. The summed E-state index contributed by atoms with van der Waals surface area (Å²) in [5.74, 6) is 0.797. The van der Waals surface area contributed by atoms with Crippen LogP contribution in [-0.2, 0) is 0 Å². The lowest BCUT2D eigenvalue weighted by Crippen LogP contribution is -2.36. The number of hydrogen-bond donors (Lipinski definition) is 1. The number of hydrogen-bond acceptors (Lipinski definition) is 2. The van der Waals surface area contributed by atoms with Crippen molar-refractivity contribution in [3.63, 3.8) is 0 Å². The molecule has 1 aliphatic heterocycles.